The zero-order valence-electron chi connectivity index (χ0n) is 20.4. The van der Waals surface area contributed by atoms with E-state index in [2.05, 4.69) is 12.2 Å². The van der Waals surface area contributed by atoms with Crippen molar-refractivity contribution in [2.75, 3.05) is 5.32 Å². The van der Waals surface area contributed by atoms with Gasteiger partial charge in [-0.25, -0.2) is 9.78 Å². The van der Waals surface area contributed by atoms with E-state index in [1.807, 2.05) is 56.3 Å². The summed E-state index contributed by atoms with van der Waals surface area (Å²) in [6.45, 7) is 5.87. The second-order valence-electron chi connectivity index (χ2n) is 9.52. The van der Waals surface area contributed by atoms with Gasteiger partial charge in [0.05, 0.1) is 28.4 Å². The highest BCUT2D eigenvalue weighted by Gasteiger charge is 2.30. The van der Waals surface area contributed by atoms with Gasteiger partial charge < -0.3 is 10.1 Å². The molecule has 5 rings (SSSR count). The predicted molar refractivity (Wildman–Crippen MR) is 146 cm³/mol. The van der Waals surface area contributed by atoms with Crippen LogP contribution in [0, 0.1) is 5.92 Å². The minimum Gasteiger partial charge on any atom is -0.459 e. The van der Waals surface area contributed by atoms with Crippen LogP contribution >= 0.6 is 22.9 Å². The third-order valence-corrected chi connectivity index (χ3v) is 7.90. The third-order valence-electron chi connectivity index (χ3n) is 6.40. The van der Waals surface area contributed by atoms with E-state index in [-0.39, 0.29) is 18.0 Å². The van der Waals surface area contributed by atoms with Gasteiger partial charge in [-0.15, -0.1) is 11.3 Å². The molecule has 0 spiro atoms. The van der Waals surface area contributed by atoms with Gasteiger partial charge in [0, 0.05) is 20.8 Å². The van der Waals surface area contributed by atoms with Crippen molar-refractivity contribution in [1.82, 2.24) is 4.98 Å². The molecular weight excluding hydrogens is 492 g/mol. The van der Waals surface area contributed by atoms with Crippen LogP contribution in [0.1, 0.15) is 58.3 Å². The molecule has 184 valence electrons. The van der Waals surface area contributed by atoms with Gasteiger partial charge in [-0.05, 0) is 62.8 Å². The maximum absolute atomic E-state index is 13.8. The van der Waals surface area contributed by atoms with Crippen LogP contribution in [-0.4, -0.2) is 23.0 Å². The molecule has 1 atom stereocenters. The lowest BCUT2D eigenvalue weighted by molar-refractivity contribution is 0.0378. The average Bonchev–Trinajstić information content (AvgIpc) is 3.20. The van der Waals surface area contributed by atoms with Crippen LogP contribution in [-0.2, 0) is 17.6 Å². The summed E-state index contributed by atoms with van der Waals surface area (Å²) in [4.78, 5) is 32.8. The number of halogens is 1. The molecule has 1 aliphatic rings. The Hall–Kier alpha value is -3.22. The fourth-order valence-corrected chi connectivity index (χ4v) is 6.29. The first kappa shape index (κ1) is 24.5. The molecule has 0 unspecified atom stereocenters. The van der Waals surface area contributed by atoms with Crippen molar-refractivity contribution in [1.29, 1.82) is 0 Å². The maximum atomic E-state index is 13.8. The number of thiophene rings is 1. The van der Waals surface area contributed by atoms with Crippen LogP contribution in [0.5, 0.6) is 0 Å². The van der Waals surface area contributed by atoms with Crippen molar-refractivity contribution in [2.24, 2.45) is 5.92 Å². The van der Waals surface area contributed by atoms with Crippen molar-refractivity contribution >= 4 is 50.7 Å². The largest absolute Gasteiger partial charge is 0.459 e. The number of benzene rings is 2. The van der Waals surface area contributed by atoms with E-state index in [0.29, 0.717) is 38.3 Å². The van der Waals surface area contributed by atoms with E-state index in [1.54, 1.807) is 12.1 Å². The third kappa shape index (κ3) is 4.75. The van der Waals surface area contributed by atoms with Gasteiger partial charge in [-0.3, -0.25) is 4.79 Å². The number of rotatable bonds is 5. The van der Waals surface area contributed by atoms with Crippen LogP contribution in [0.25, 0.3) is 22.2 Å². The number of hydrogen-bond donors (Lipinski definition) is 1. The molecule has 4 aromatic rings. The number of amides is 1. The Kier molecular flexibility index (Phi) is 6.82. The summed E-state index contributed by atoms with van der Waals surface area (Å²) in [6, 6.07) is 16.7. The number of aromatic nitrogens is 1. The summed E-state index contributed by atoms with van der Waals surface area (Å²) in [5.41, 5.74) is 4.03. The summed E-state index contributed by atoms with van der Waals surface area (Å²) in [5, 5.41) is 4.89. The number of hydrogen-bond acceptors (Lipinski definition) is 5. The van der Waals surface area contributed by atoms with Crippen LogP contribution in [0.2, 0.25) is 5.02 Å². The number of nitrogens with one attached hydrogen (secondary N) is 1. The Morgan fingerprint density at radius 1 is 1.14 bits per heavy atom. The van der Waals surface area contributed by atoms with Gasteiger partial charge in [0.1, 0.15) is 5.00 Å². The molecule has 0 aliphatic heterocycles. The fraction of sp³-hybridized carbons (Fsp3) is 0.276. The second kappa shape index (κ2) is 10.0. The fourth-order valence-electron chi connectivity index (χ4n) is 4.67. The lowest BCUT2D eigenvalue weighted by atomic mass is 9.88. The minimum atomic E-state index is -0.385. The summed E-state index contributed by atoms with van der Waals surface area (Å²) < 4.78 is 5.57. The lowest BCUT2D eigenvalue weighted by Crippen LogP contribution is -2.19. The van der Waals surface area contributed by atoms with Gasteiger partial charge in [-0.2, -0.15) is 0 Å². The molecule has 0 saturated carbocycles. The molecule has 2 heterocycles. The zero-order valence-corrected chi connectivity index (χ0v) is 22.0. The molecule has 0 saturated heterocycles. The zero-order chi connectivity index (χ0) is 25.4. The topological polar surface area (TPSA) is 68.3 Å². The van der Waals surface area contributed by atoms with Crippen molar-refractivity contribution in [3.63, 3.8) is 0 Å². The van der Waals surface area contributed by atoms with Crippen LogP contribution in [0.4, 0.5) is 5.00 Å². The molecule has 36 heavy (non-hydrogen) atoms. The van der Waals surface area contributed by atoms with E-state index >= 15 is 0 Å². The molecule has 7 heteroatoms. The SMILES string of the molecule is CC(C)OC(=O)c1c(NC(=O)c2cc(-c3ccccc3Cl)nc3ccccc23)sc2c1CC[C@@H](C)C2. The molecule has 2 aromatic heterocycles. The number of pyridine rings is 1. The number of nitrogens with zero attached hydrogens (tertiary/aromatic N) is 1. The number of para-hydroxylation sites is 1. The number of ether oxygens (including phenoxy) is 1. The van der Waals surface area contributed by atoms with Gasteiger partial charge in [0.2, 0.25) is 0 Å². The van der Waals surface area contributed by atoms with Gasteiger partial charge in [-0.1, -0.05) is 54.9 Å². The lowest BCUT2D eigenvalue weighted by Gasteiger charge is -2.19. The number of anilines is 1. The summed E-state index contributed by atoms with van der Waals surface area (Å²) in [7, 11) is 0. The molecule has 0 fully saturated rings. The predicted octanol–water partition coefficient (Wildman–Crippen LogP) is 7.56. The minimum absolute atomic E-state index is 0.249. The number of carbonyl (C=O) groups excluding carboxylic acids is 2. The van der Waals surface area contributed by atoms with E-state index in [9.17, 15) is 9.59 Å². The monoisotopic (exact) mass is 518 g/mol. The van der Waals surface area contributed by atoms with Crippen molar-refractivity contribution in [2.45, 2.75) is 46.1 Å². The highest BCUT2D eigenvalue weighted by molar-refractivity contribution is 7.17. The van der Waals surface area contributed by atoms with E-state index in [0.717, 1.165) is 40.7 Å². The van der Waals surface area contributed by atoms with Crippen LogP contribution in [0.3, 0.4) is 0 Å². The molecule has 1 amide bonds. The van der Waals surface area contributed by atoms with Gasteiger partial charge in [0.25, 0.3) is 5.91 Å². The average molecular weight is 519 g/mol. The Labute approximate surface area is 219 Å². The van der Waals surface area contributed by atoms with Crippen molar-refractivity contribution < 1.29 is 14.3 Å². The smallest absolute Gasteiger partial charge is 0.341 e. The van der Waals surface area contributed by atoms with E-state index < -0.39 is 0 Å². The standard InChI is InChI=1S/C29H27ClN2O3S/c1-16(2)35-29(34)26-20-13-12-17(3)14-25(20)36-28(26)32-27(33)21-15-24(19-9-4-6-10-22(19)30)31-23-11-7-5-8-18(21)23/h4-11,15-17H,12-14H2,1-3H3,(H,32,33)/t17-/m1/s1. The van der Waals surface area contributed by atoms with Gasteiger partial charge >= 0.3 is 5.97 Å². The maximum Gasteiger partial charge on any atom is 0.341 e. The molecule has 1 N–H and O–H groups in total. The number of esters is 1. The van der Waals surface area contributed by atoms with Crippen molar-refractivity contribution in [3.8, 4) is 11.3 Å². The van der Waals surface area contributed by atoms with E-state index in [4.69, 9.17) is 21.3 Å². The van der Waals surface area contributed by atoms with Gasteiger partial charge in [0.15, 0.2) is 0 Å². The summed E-state index contributed by atoms with van der Waals surface area (Å²) in [5.74, 6) is -0.146. The van der Waals surface area contributed by atoms with Crippen molar-refractivity contribution in [3.05, 3.63) is 81.2 Å². The molecule has 2 aromatic carbocycles. The molecular formula is C29H27ClN2O3S. The molecule has 5 nitrogen and oxygen atoms in total. The number of carbonyl (C=O) groups is 2. The van der Waals surface area contributed by atoms with Crippen LogP contribution in [0.15, 0.2) is 54.6 Å². The second-order valence-corrected chi connectivity index (χ2v) is 11.0. The normalized spacial score (nSPS) is 15.1. The summed E-state index contributed by atoms with van der Waals surface area (Å²) >= 11 is 7.93. The van der Waals surface area contributed by atoms with E-state index in [1.165, 1.54) is 11.3 Å². The molecule has 0 radical (unpaired) electrons. The Balaban J connectivity index is 1.59. The Morgan fingerprint density at radius 3 is 2.67 bits per heavy atom. The first-order chi connectivity index (χ1) is 17.3. The Bertz CT molecular complexity index is 1480. The highest BCUT2D eigenvalue weighted by Crippen LogP contribution is 2.41. The quantitative estimate of drug-likeness (QED) is 0.277. The molecule has 1 aliphatic carbocycles. The first-order valence-electron chi connectivity index (χ1n) is 12.1. The molecule has 0 bridgehead atoms. The Morgan fingerprint density at radius 2 is 1.89 bits per heavy atom. The highest BCUT2D eigenvalue weighted by atomic mass is 35.5. The van der Waals surface area contributed by atoms with Crippen LogP contribution < -0.4 is 5.32 Å². The summed E-state index contributed by atoms with van der Waals surface area (Å²) in [6.07, 6.45) is 2.46. The first-order valence-corrected chi connectivity index (χ1v) is 13.3. The number of fused-ring (bicyclic) bond motifs is 2.